The second-order valence-corrected chi connectivity index (χ2v) is 6.61. The number of nitrogens with one attached hydrogen (secondary N) is 1. The first kappa shape index (κ1) is 14.5. The van der Waals surface area contributed by atoms with Crippen LogP contribution in [0.2, 0.25) is 0 Å². The maximum atomic E-state index is 12.0. The molecule has 1 aliphatic rings. The lowest BCUT2D eigenvalue weighted by atomic mass is 10.0. The summed E-state index contributed by atoms with van der Waals surface area (Å²) in [6.07, 6.45) is 6.17. The standard InChI is InChI=1S/C12H21N3O3S/c1-10(11-5-3-4-6-13-11)18-19(16,17)9-12-14-7-8-15(12)2/h7-8,10-11,13H,3-6,9H2,1-2H3. The summed E-state index contributed by atoms with van der Waals surface area (Å²) in [5.74, 6) is 0.303. The normalized spacial score (nSPS) is 22.3. The molecule has 1 N–H and O–H groups in total. The van der Waals surface area contributed by atoms with Gasteiger partial charge in [-0.05, 0) is 26.3 Å². The number of aryl methyl sites for hydroxylation is 1. The molecule has 6 nitrogen and oxygen atoms in total. The van der Waals surface area contributed by atoms with Gasteiger partial charge >= 0.3 is 0 Å². The highest BCUT2D eigenvalue weighted by molar-refractivity contribution is 7.85. The molecule has 0 bridgehead atoms. The van der Waals surface area contributed by atoms with E-state index in [1.165, 1.54) is 0 Å². The van der Waals surface area contributed by atoms with Crippen molar-refractivity contribution in [2.45, 2.75) is 44.1 Å². The molecule has 1 aromatic heterocycles. The minimum absolute atomic E-state index is 0.116. The third-order valence-corrected chi connectivity index (χ3v) is 4.65. The minimum atomic E-state index is -3.60. The lowest BCUT2D eigenvalue weighted by Crippen LogP contribution is -2.43. The number of imidazole rings is 1. The molecule has 1 saturated heterocycles. The molecule has 2 atom stereocenters. The fraction of sp³-hybridized carbons (Fsp3) is 0.750. The van der Waals surface area contributed by atoms with Crippen molar-refractivity contribution in [3.8, 4) is 0 Å². The van der Waals surface area contributed by atoms with Crippen LogP contribution in [0.15, 0.2) is 12.4 Å². The molecule has 0 aliphatic carbocycles. The van der Waals surface area contributed by atoms with E-state index in [-0.39, 0.29) is 17.9 Å². The van der Waals surface area contributed by atoms with Gasteiger partial charge in [-0.15, -0.1) is 0 Å². The van der Waals surface area contributed by atoms with Crippen LogP contribution in [0, 0.1) is 0 Å². The van der Waals surface area contributed by atoms with E-state index < -0.39 is 10.1 Å². The maximum Gasteiger partial charge on any atom is 0.274 e. The van der Waals surface area contributed by atoms with Crippen LogP contribution in [0.25, 0.3) is 0 Å². The number of rotatable bonds is 5. The molecule has 108 valence electrons. The first-order valence-electron chi connectivity index (χ1n) is 6.58. The minimum Gasteiger partial charge on any atom is -0.337 e. The van der Waals surface area contributed by atoms with Gasteiger partial charge in [-0.25, -0.2) is 4.98 Å². The highest BCUT2D eigenvalue weighted by Crippen LogP contribution is 2.16. The molecule has 2 heterocycles. The molecule has 0 aromatic carbocycles. The Hall–Kier alpha value is -0.920. The molecular formula is C12H21N3O3S. The first-order chi connectivity index (χ1) is 8.98. The fourth-order valence-corrected chi connectivity index (χ4v) is 3.56. The largest absolute Gasteiger partial charge is 0.337 e. The SMILES string of the molecule is CC(OS(=O)(=O)Cc1nccn1C)C1CCCCN1. The van der Waals surface area contributed by atoms with Crippen LogP contribution in [0.5, 0.6) is 0 Å². The molecule has 1 aliphatic heterocycles. The fourth-order valence-electron chi connectivity index (χ4n) is 2.31. The second kappa shape index (κ2) is 6.02. The van der Waals surface area contributed by atoms with Crippen molar-refractivity contribution in [3.05, 3.63) is 18.2 Å². The van der Waals surface area contributed by atoms with E-state index in [2.05, 4.69) is 10.3 Å². The van der Waals surface area contributed by atoms with Gasteiger partial charge in [0.25, 0.3) is 10.1 Å². The molecule has 0 spiro atoms. The molecule has 2 rings (SSSR count). The highest BCUT2D eigenvalue weighted by Gasteiger charge is 2.26. The lowest BCUT2D eigenvalue weighted by molar-refractivity contribution is 0.159. The lowest BCUT2D eigenvalue weighted by Gasteiger charge is -2.28. The maximum absolute atomic E-state index is 12.0. The average Bonchev–Trinajstić information content (AvgIpc) is 2.75. The second-order valence-electron chi connectivity index (χ2n) is 5.01. The Labute approximate surface area is 114 Å². The van der Waals surface area contributed by atoms with Gasteiger partial charge in [0.2, 0.25) is 0 Å². The summed E-state index contributed by atoms with van der Waals surface area (Å²) >= 11 is 0. The van der Waals surface area contributed by atoms with Crippen LogP contribution >= 0.6 is 0 Å². The summed E-state index contributed by atoms with van der Waals surface area (Å²) in [5.41, 5.74) is 0. The topological polar surface area (TPSA) is 73.2 Å². The van der Waals surface area contributed by atoms with Crippen molar-refractivity contribution in [3.63, 3.8) is 0 Å². The number of aromatic nitrogens is 2. The smallest absolute Gasteiger partial charge is 0.274 e. The Morgan fingerprint density at radius 1 is 1.58 bits per heavy atom. The molecule has 2 unspecified atom stereocenters. The summed E-state index contributed by atoms with van der Waals surface area (Å²) in [6, 6.07) is 0.116. The van der Waals surface area contributed by atoms with Gasteiger partial charge in [0.1, 0.15) is 11.6 Å². The van der Waals surface area contributed by atoms with Crippen LogP contribution in [0.1, 0.15) is 32.0 Å². The summed E-state index contributed by atoms with van der Waals surface area (Å²) in [5, 5.41) is 3.30. The summed E-state index contributed by atoms with van der Waals surface area (Å²) < 4.78 is 30.9. The third-order valence-electron chi connectivity index (χ3n) is 3.44. The third kappa shape index (κ3) is 4.02. The zero-order chi connectivity index (χ0) is 13.9. The Bertz CT molecular complexity index is 506. The van der Waals surface area contributed by atoms with Gasteiger partial charge in [-0.1, -0.05) is 6.42 Å². The Kier molecular flexibility index (Phi) is 4.59. The zero-order valence-electron chi connectivity index (χ0n) is 11.4. The molecule has 1 fully saturated rings. The Balaban J connectivity index is 1.94. The quantitative estimate of drug-likeness (QED) is 0.811. The van der Waals surface area contributed by atoms with Gasteiger partial charge in [-0.2, -0.15) is 8.42 Å². The molecule has 19 heavy (non-hydrogen) atoms. The molecule has 0 radical (unpaired) electrons. The summed E-state index contributed by atoms with van der Waals surface area (Å²) in [7, 11) is -1.83. The van der Waals surface area contributed by atoms with Crippen LogP contribution in [0.3, 0.4) is 0 Å². The summed E-state index contributed by atoms with van der Waals surface area (Å²) in [4.78, 5) is 4.01. The average molecular weight is 287 g/mol. The van der Waals surface area contributed by atoms with Crippen molar-refractivity contribution < 1.29 is 12.6 Å². The first-order valence-corrected chi connectivity index (χ1v) is 8.16. The predicted molar refractivity (Wildman–Crippen MR) is 72.0 cm³/mol. The van der Waals surface area contributed by atoms with Crippen LogP contribution in [-0.4, -0.2) is 36.7 Å². The van der Waals surface area contributed by atoms with Gasteiger partial charge in [0.05, 0.1) is 6.10 Å². The van der Waals surface area contributed by atoms with E-state index in [0.29, 0.717) is 5.82 Å². The van der Waals surface area contributed by atoms with Crippen LogP contribution in [0.4, 0.5) is 0 Å². The monoisotopic (exact) mass is 287 g/mol. The van der Waals surface area contributed by atoms with E-state index in [4.69, 9.17) is 4.18 Å². The molecular weight excluding hydrogens is 266 g/mol. The number of hydrogen-bond acceptors (Lipinski definition) is 5. The number of hydrogen-bond donors (Lipinski definition) is 1. The van der Waals surface area contributed by atoms with Gasteiger partial charge < -0.3 is 9.88 Å². The van der Waals surface area contributed by atoms with Crippen LogP contribution in [-0.2, 0) is 27.1 Å². The van der Waals surface area contributed by atoms with E-state index in [9.17, 15) is 8.42 Å². The Morgan fingerprint density at radius 2 is 2.37 bits per heavy atom. The van der Waals surface area contributed by atoms with Crippen molar-refractivity contribution in [1.82, 2.24) is 14.9 Å². The van der Waals surface area contributed by atoms with Gasteiger partial charge in [0, 0.05) is 25.5 Å². The van der Waals surface area contributed by atoms with Crippen LogP contribution < -0.4 is 5.32 Å². The Morgan fingerprint density at radius 3 is 2.95 bits per heavy atom. The van der Waals surface area contributed by atoms with Crippen molar-refractivity contribution in [2.75, 3.05) is 6.54 Å². The van der Waals surface area contributed by atoms with E-state index >= 15 is 0 Å². The van der Waals surface area contributed by atoms with E-state index in [0.717, 1.165) is 25.8 Å². The number of nitrogens with zero attached hydrogens (tertiary/aromatic N) is 2. The van der Waals surface area contributed by atoms with Crippen molar-refractivity contribution in [2.24, 2.45) is 7.05 Å². The van der Waals surface area contributed by atoms with E-state index in [1.807, 2.05) is 0 Å². The predicted octanol–water partition coefficient (Wildman–Crippen LogP) is 0.797. The van der Waals surface area contributed by atoms with E-state index in [1.54, 1.807) is 30.9 Å². The van der Waals surface area contributed by atoms with Crippen molar-refractivity contribution in [1.29, 1.82) is 0 Å². The van der Waals surface area contributed by atoms with Crippen molar-refractivity contribution >= 4 is 10.1 Å². The number of piperidine rings is 1. The zero-order valence-corrected chi connectivity index (χ0v) is 12.2. The molecule has 7 heteroatoms. The highest BCUT2D eigenvalue weighted by atomic mass is 32.2. The molecule has 0 saturated carbocycles. The van der Waals surface area contributed by atoms with Gasteiger partial charge in [-0.3, -0.25) is 4.18 Å². The van der Waals surface area contributed by atoms with Gasteiger partial charge in [0.15, 0.2) is 0 Å². The summed E-state index contributed by atoms with van der Waals surface area (Å²) in [6.45, 7) is 2.73. The molecule has 1 aromatic rings. The molecule has 0 amide bonds.